The Morgan fingerprint density at radius 2 is 1.67 bits per heavy atom. The van der Waals surface area contributed by atoms with Crippen LogP contribution in [0.1, 0.15) is 11.3 Å². The third kappa shape index (κ3) is 1.35. The molecular weight excluding hydrogens is 412 g/mol. The van der Waals surface area contributed by atoms with Crippen molar-refractivity contribution < 1.29 is 0 Å². The Kier molecular flexibility index (Phi) is 2.28. The summed E-state index contributed by atoms with van der Waals surface area (Å²) in [5.74, 6) is 0. The van der Waals surface area contributed by atoms with Crippen LogP contribution in [-0.2, 0) is 1.43 Å². The molecule has 3 heteroatoms. The maximum Gasteiger partial charge on any atom is 0.141 e. The molecule has 1 aromatic heterocycles. The van der Waals surface area contributed by atoms with Crippen molar-refractivity contribution in [1.82, 2.24) is 4.98 Å². The summed E-state index contributed by atoms with van der Waals surface area (Å²) in [6, 6.07) is 12.7. The smallest absolute Gasteiger partial charge is 0.141 e. The Morgan fingerprint density at radius 1 is 0.933 bits per heavy atom. The number of aromatic nitrogens is 1. The maximum atomic E-state index is 4.51. The first kappa shape index (κ1) is 10.0. The normalized spacial score (nSPS) is 15.9. The first-order valence-electron chi connectivity index (χ1n) is 4.64. The lowest BCUT2D eigenvalue weighted by atomic mass is 10.1. The molecule has 0 atom stereocenters. The number of fused-ring (bicyclic) bond motifs is 3. The largest absolute Gasteiger partial charge is 0.258 e. The van der Waals surface area contributed by atoms with Crippen LogP contribution in [0.25, 0.3) is 11.1 Å². The van der Waals surface area contributed by atoms with E-state index in [0.29, 0.717) is 0 Å². The van der Waals surface area contributed by atoms with E-state index >= 15 is 0 Å². The van der Waals surface area contributed by atoms with Gasteiger partial charge < -0.3 is 0 Å². The summed E-state index contributed by atoms with van der Waals surface area (Å²) < 4.78 is -0.0112. The van der Waals surface area contributed by atoms with Crippen LogP contribution in [0.5, 0.6) is 0 Å². The Morgan fingerprint density at radius 3 is 2.53 bits per heavy atom. The molecule has 1 heterocycles. The van der Waals surface area contributed by atoms with Gasteiger partial charge in [0, 0.05) is 11.8 Å². The topological polar surface area (TPSA) is 12.9 Å². The SMILES string of the molecule is IC1(I)c2ccccc2-c2cccnc21. The minimum Gasteiger partial charge on any atom is -0.258 e. The molecule has 15 heavy (non-hydrogen) atoms. The predicted octanol–water partition coefficient (Wildman–Crippen LogP) is 4.13. The number of benzene rings is 1. The van der Waals surface area contributed by atoms with Gasteiger partial charge in [-0.05, 0) is 17.2 Å². The first-order valence-corrected chi connectivity index (χ1v) is 6.80. The standard InChI is InChI=1S/C12H7I2N/c13-12(14)10-6-2-1-4-8(10)9-5-3-7-15-11(9)12/h1-7H. The van der Waals surface area contributed by atoms with E-state index in [0.717, 1.165) is 0 Å². The first-order chi connectivity index (χ1) is 7.21. The molecule has 3 rings (SSSR count). The predicted molar refractivity (Wildman–Crippen MR) is 78.5 cm³/mol. The highest BCUT2D eigenvalue weighted by atomic mass is 127. The fourth-order valence-electron chi connectivity index (χ4n) is 1.99. The van der Waals surface area contributed by atoms with Crippen LogP contribution in [0, 0.1) is 0 Å². The van der Waals surface area contributed by atoms with E-state index in [1.54, 1.807) is 0 Å². The monoisotopic (exact) mass is 419 g/mol. The lowest BCUT2D eigenvalue weighted by Crippen LogP contribution is -2.07. The van der Waals surface area contributed by atoms with E-state index < -0.39 is 0 Å². The molecule has 74 valence electrons. The maximum absolute atomic E-state index is 4.51. The zero-order valence-corrected chi connectivity index (χ0v) is 12.1. The fraction of sp³-hybridized carbons (Fsp3) is 0.0833. The van der Waals surface area contributed by atoms with Gasteiger partial charge in [-0.1, -0.05) is 75.5 Å². The van der Waals surface area contributed by atoms with E-state index in [1.807, 2.05) is 12.3 Å². The Balaban J connectivity index is 2.42. The number of pyridine rings is 1. The summed E-state index contributed by atoms with van der Waals surface area (Å²) in [6.45, 7) is 0. The van der Waals surface area contributed by atoms with Crippen LogP contribution < -0.4 is 0 Å². The van der Waals surface area contributed by atoms with Crippen molar-refractivity contribution in [3.8, 4) is 11.1 Å². The highest BCUT2D eigenvalue weighted by Crippen LogP contribution is 2.55. The third-order valence-electron chi connectivity index (χ3n) is 2.66. The van der Waals surface area contributed by atoms with Gasteiger partial charge in [-0.15, -0.1) is 0 Å². The molecule has 0 amide bonds. The minimum absolute atomic E-state index is 0.0112. The number of rotatable bonds is 0. The molecule has 1 aromatic carbocycles. The van der Waals surface area contributed by atoms with Crippen molar-refractivity contribution in [3.63, 3.8) is 0 Å². The highest BCUT2D eigenvalue weighted by Gasteiger charge is 2.39. The molecular formula is C12H7I2N. The van der Waals surface area contributed by atoms with Gasteiger partial charge >= 0.3 is 0 Å². The highest BCUT2D eigenvalue weighted by molar-refractivity contribution is 14.2. The number of hydrogen-bond donors (Lipinski definition) is 0. The molecule has 0 spiro atoms. The molecule has 0 saturated heterocycles. The molecule has 2 aromatic rings. The van der Waals surface area contributed by atoms with Crippen molar-refractivity contribution in [1.29, 1.82) is 0 Å². The van der Waals surface area contributed by atoms with Crippen LogP contribution in [0.15, 0.2) is 42.6 Å². The quantitative estimate of drug-likeness (QED) is 0.463. The number of halogens is 2. The van der Waals surface area contributed by atoms with Gasteiger partial charge in [0.15, 0.2) is 0 Å². The van der Waals surface area contributed by atoms with Crippen LogP contribution in [0.3, 0.4) is 0 Å². The lowest BCUT2D eigenvalue weighted by Gasteiger charge is -2.15. The van der Waals surface area contributed by atoms with E-state index in [1.165, 1.54) is 22.4 Å². The Labute approximate surface area is 116 Å². The molecule has 0 bridgehead atoms. The molecule has 0 saturated carbocycles. The summed E-state index contributed by atoms with van der Waals surface area (Å²) in [6.07, 6.45) is 1.87. The molecule has 0 N–H and O–H groups in total. The van der Waals surface area contributed by atoms with Crippen molar-refractivity contribution in [3.05, 3.63) is 53.9 Å². The van der Waals surface area contributed by atoms with Gasteiger partial charge in [0.25, 0.3) is 0 Å². The second kappa shape index (κ2) is 3.41. The minimum atomic E-state index is -0.0112. The third-order valence-corrected chi connectivity index (χ3v) is 4.84. The zero-order chi connectivity index (χ0) is 10.5. The van der Waals surface area contributed by atoms with Gasteiger partial charge in [0.2, 0.25) is 0 Å². The van der Waals surface area contributed by atoms with E-state index in [-0.39, 0.29) is 1.43 Å². The van der Waals surface area contributed by atoms with E-state index in [9.17, 15) is 0 Å². The second-order valence-electron chi connectivity index (χ2n) is 3.52. The van der Waals surface area contributed by atoms with E-state index in [2.05, 4.69) is 80.5 Å². The average Bonchev–Trinajstić information content (AvgIpc) is 2.51. The number of hydrogen-bond acceptors (Lipinski definition) is 1. The van der Waals surface area contributed by atoms with Gasteiger partial charge in [0.1, 0.15) is 1.43 Å². The molecule has 0 radical (unpaired) electrons. The van der Waals surface area contributed by atoms with Gasteiger partial charge in [-0.3, -0.25) is 4.98 Å². The number of alkyl halides is 2. The fourth-order valence-corrected chi connectivity index (χ4v) is 3.79. The van der Waals surface area contributed by atoms with Gasteiger partial charge in [0.05, 0.1) is 5.69 Å². The van der Waals surface area contributed by atoms with Crippen molar-refractivity contribution in [2.24, 2.45) is 0 Å². The van der Waals surface area contributed by atoms with Crippen molar-refractivity contribution in [2.75, 3.05) is 0 Å². The number of nitrogens with zero attached hydrogens (tertiary/aromatic N) is 1. The van der Waals surface area contributed by atoms with Crippen LogP contribution in [0.2, 0.25) is 0 Å². The summed E-state index contributed by atoms with van der Waals surface area (Å²) in [5.41, 5.74) is 5.13. The molecule has 0 fully saturated rings. The molecule has 1 aliphatic rings. The molecule has 0 aliphatic heterocycles. The van der Waals surface area contributed by atoms with Gasteiger partial charge in [-0.2, -0.15) is 0 Å². The van der Waals surface area contributed by atoms with Crippen LogP contribution in [0.4, 0.5) is 0 Å². The summed E-state index contributed by atoms with van der Waals surface area (Å²) in [5, 5.41) is 0. The second-order valence-corrected chi connectivity index (χ2v) is 8.82. The molecule has 1 aliphatic carbocycles. The average molecular weight is 419 g/mol. The van der Waals surface area contributed by atoms with E-state index in [4.69, 9.17) is 0 Å². The summed E-state index contributed by atoms with van der Waals surface area (Å²) in [7, 11) is 0. The zero-order valence-electron chi connectivity index (χ0n) is 7.74. The van der Waals surface area contributed by atoms with Crippen LogP contribution in [-0.4, -0.2) is 4.98 Å². The molecule has 1 nitrogen and oxygen atoms in total. The molecule has 0 unspecified atom stereocenters. The van der Waals surface area contributed by atoms with Crippen molar-refractivity contribution in [2.45, 2.75) is 1.43 Å². The van der Waals surface area contributed by atoms with Gasteiger partial charge in [-0.25, -0.2) is 0 Å². The van der Waals surface area contributed by atoms with Crippen LogP contribution >= 0.6 is 45.2 Å². The van der Waals surface area contributed by atoms with Crippen molar-refractivity contribution >= 4 is 45.2 Å². The Bertz CT molecular complexity index is 487. The Hall–Kier alpha value is -0.170. The summed E-state index contributed by atoms with van der Waals surface area (Å²) >= 11 is 4.95. The summed E-state index contributed by atoms with van der Waals surface area (Å²) in [4.78, 5) is 4.51. The lowest BCUT2D eigenvalue weighted by molar-refractivity contribution is 1.10.